The van der Waals surface area contributed by atoms with E-state index in [-0.39, 0.29) is 5.91 Å². The number of ether oxygens (including phenoxy) is 1. The predicted octanol–water partition coefficient (Wildman–Crippen LogP) is 1.33. The molecule has 0 aromatic heterocycles. The summed E-state index contributed by atoms with van der Waals surface area (Å²) in [7, 11) is 0. The van der Waals surface area contributed by atoms with E-state index in [9.17, 15) is 4.79 Å². The van der Waals surface area contributed by atoms with Gasteiger partial charge in [-0.15, -0.1) is 0 Å². The van der Waals surface area contributed by atoms with Gasteiger partial charge in [-0.25, -0.2) is 0 Å². The number of benzene rings is 1. The second-order valence-electron chi connectivity index (χ2n) is 4.79. The van der Waals surface area contributed by atoms with Crippen molar-refractivity contribution in [1.29, 1.82) is 0 Å². The van der Waals surface area contributed by atoms with E-state index in [0.717, 1.165) is 30.6 Å². The monoisotopic (exact) mass is 248 g/mol. The van der Waals surface area contributed by atoms with Crippen molar-refractivity contribution in [2.24, 2.45) is 5.73 Å². The summed E-state index contributed by atoms with van der Waals surface area (Å²) in [4.78, 5) is 11.7. The molecule has 18 heavy (non-hydrogen) atoms. The first-order valence-electron chi connectivity index (χ1n) is 6.37. The number of hydrogen-bond acceptors (Lipinski definition) is 3. The summed E-state index contributed by atoms with van der Waals surface area (Å²) in [6.07, 6.45) is 1.60. The largest absolute Gasteiger partial charge is 0.377 e. The molecule has 0 bridgehead atoms. The third kappa shape index (κ3) is 3.31. The SMILES string of the molecule is CCOCc1ccc(CNC(=O)C2(N)CC2)cc1. The third-order valence-corrected chi connectivity index (χ3v) is 3.19. The highest BCUT2D eigenvalue weighted by Crippen LogP contribution is 2.32. The van der Waals surface area contributed by atoms with Crippen molar-refractivity contribution in [3.05, 3.63) is 35.4 Å². The van der Waals surface area contributed by atoms with Crippen LogP contribution in [-0.2, 0) is 22.7 Å². The lowest BCUT2D eigenvalue weighted by Gasteiger charge is -2.10. The van der Waals surface area contributed by atoms with Crippen LogP contribution in [0.1, 0.15) is 30.9 Å². The fourth-order valence-electron chi connectivity index (χ4n) is 1.69. The van der Waals surface area contributed by atoms with Crippen LogP contribution in [0, 0.1) is 0 Å². The Bertz CT molecular complexity index is 410. The normalized spacial score (nSPS) is 16.3. The van der Waals surface area contributed by atoms with Crippen LogP contribution in [0.15, 0.2) is 24.3 Å². The molecular weight excluding hydrogens is 228 g/mol. The number of carbonyl (C=O) groups excluding carboxylic acids is 1. The summed E-state index contributed by atoms with van der Waals surface area (Å²) in [5.41, 5.74) is 7.44. The standard InChI is InChI=1S/C14H20N2O2/c1-2-18-10-12-5-3-11(4-6-12)9-16-13(17)14(15)7-8-14/h3-6H,2,7-10,15H2,1H3,(H,16,17). The summed E-state index contributed by atoms with van der Waals surface area (Å²) in [5.74, 6) is -0.0408. The second-order valence-corrected chi connectivity index (χ2v) is 4.79. The van der Waals surface area contributed by atoms with E-state index < -0.39 is 5.54 Å². The average Bonchev–Trinajstić information content (AvgIpc) is 3.14. The Hall–Kier alpha value is -1.39. The minimum absolute atomic E-state index is 0.0408. The van der Waals surface area contributed by atoms with E-state index in [1.807, 2.05) is 31.2 Å². The molecule has 3 N–H and O–H groups in total. The molecule has 0 heterocycles. The van der Waals surface area contributed by atoms with E-state index in [1.165, 1.54) is 0 Å². The maximum atomic E-state index is 11.7. The minimum Gasteiger partial charge on any atom is -0.377 e. The van der Waals surface area contributed by atoms with Crippen LogP contribution in [-0.4, -0.2) is 18.1 Å². The van der Waals surface area contributed by atoms with Gasteiger partial charge in [-0.2, -0.15) is 0 Å². The molecule has 1 saturated carbocycles. The quantitative estimate of drug-likeness (QED) is 0.798. The molecule has 0 spiro atoms. The molecule has 0 saturated heterocycles. The number of nitrogens with two attached hydrogens (primary N) is 1. The van der Waals surface area contributed by atoms with Gasteiger partial charge in [0.2, 0.25) is 5.91 Å². The van der Waals surface area contributed by atoms with Gasteiger partial charge in [0, 0.05) is 13.2 Å². The van der Waals surface area contributed by atoms with Gasteiger partial charge in [-0.1, -0.05) is 24.3 Å². The fraction of sp³-hybridized carbons (Fsp3) is 0.500. The zero-order valence-corrected chi connectivity index (χ0v) is 10.7. The number of carbonyl (C=O) groups is 1. The summed E-state index contributed by atoms with van der Waals surface area (Å²) < 4.78 is 5.32. The van der Waals surface area contributed by atoms with Crippen LogP contribution in [0.2, 0.25) is 0 Å². The Kier molecular flexibility index (Phi) is 3.99. The fourth-order valence-corrected chi connectivity index (χ4v) is 1.69. The zero-order chi connectivity index (χ0) is 13.0. The topological polar surface area (TPSA) is 64.3 Å². The Morgan fingerprint density at radius 1 is 1.33 bits per heavy atom. The van der Waals surface area contributed by atoms with Crippen LogP contribution in [0.5, 0.6) is 0 Å². The lowest BCUT2D eigenvalue weighted by molar-refractivity contribution is -0.123. The molecule has 98 valence electrons. The van der Waals surface area contributed by atoms with Gasteiger partial charge >= 0.3 is 0 Å². The smallest absolute Gasteiger partial charge is 0.240 e. The van der Waals surface area contributed by atoms with Gasteiger partial charge < -0.3 is 15.8 Å². The van der Waals surface area contributed by atoms with Crippen LogP contribution >= 0.6 is 0 Å². The lowest BCUT2D eigenvalue weighted by Crippen LogP contribution is -2.42. The lowest BCUT2D eigenvalue weighted by atomic mass is 10.1. The Morgan fingerprint density at radius 2 is 1.94 bits per heavy atom. The Balaban J connectivity index is 1.81. The first kappa shape index (κ1) is 13.1. The number of rotatable bonds is 6. The van der Waals surface area contributed by atoms with E-state index >= 15 is 0 Å². The number of amides is 1. The zero-order valence-electron chi connectivity index (χ0n) is 10.7. The van der Waals surface area contributed by atoms with Gasteiger partial charge in [0.05, 0.1) is 12.1 Å². The maximum absolute atomic E-state index is 11.7. The van der Waals surface area contributed by atoms with Crippen LogP contribution in [0.4, 0.5) is 0 Å². The second kappa shape index (κ2) is 5.50. The van der Waals surface area contributed by atoms with Gasteiger partial charge in [0.15, 0.2) is 0 Å². The summed E-state index contributed by atoms with van der Waals surface area (Å²) in [5, 5.41) is 2.87. The molecule has 1 aromatic carbocycles. The summed E-state index contributed by atoms with van der Waals surface area (Å²) in [6, 6.07) is 8.05. The van der Waals surface area contributed by atoms with Gasteiger partial charge in [-0.05, 0) is 30.9 Å². The number of nitrogens with one attached hydrogen (secondary N) is 1. The highest BCUT2D eigenvalue weighted by atomic mass is 16.5. The van der Waals surface area contributed by atoms with Crippen LogP contribution < -0.4 is 11.1 Å². The van der Waals surface area contributed by atoms with E-state index in [0.29, 0.717) is 13.2 Å². The third-order valence-electron chi connectivity index (χ3n) is 3.19. The molecule has 0 aliphatic heterocycles. The molecule has 2 rings (SSSR count). The minimum atomic E-state index is -0.588. The molecule has 4 heteroatoms. The highest BCUT2D eigenvalue weighted by molar-refractivity contribution is 5.88. The summed E-state index contributed by atoms with van der Waals surface area (Å²) in [6.45, 7) is 3.86. The van der Waals surface area contributed by atoms with Crippen molar-refractivity contribution in [1.82, 2.24) is 5.32 Å². The van der Waals surface area contributed by atoms with Crippen molar-refractivity contribution in [2.75, 3.05) is 6.61 Å². The molecule has 1 aliphatic carbocycles. The van der Waals surface area contributed by atoms with Crippen molar-refractivity contribution in [3.8, 4) is 0 Å². The Labute approximate surface area is 108 Å². The van der Waals surface area contributed by atoms with Gasteiger partial charge in [0.25, 0.3) is 0 Å². The Morgan fingerprint density at radius 3 is 2.50 bits per heavy atom. The maximum Gasteiger partial charge on any atom is 0.240 e. The van der Waals surface area contributed by atoms with Crippen molar-refractivity contribution >= 4 is 5.91 Å². The molecular formula is C14H20N2O2. The van der Waals surface area contributed by atoms with E-state index in [1.54, 1.807) is 0 Å². The van der Waals surface area contributed by atoms with Crippen LogP contribution in [0.25, 0.3) is 0 Å². The molecule has 1 fully saturated rings. The van der Waals surface area contributed by atoms with Crippen molar-refractivity contribution in [3.63, 3.8) is 0 Å². The molecule has 1 amide bonds. The van der Waals surface area contributed by atoms with Crippen molar-refractivity contribution < 1.29 is 9.53 Å². The predicted molar refractivity (Wildman–Crippen MR) is 69.8 cm³/mol. The molecule has 1 aliphatic rings. The first-order chi connectivity index (χ1) is 8.64. The molecule has 0 radical (unpaired) electrons. The molecule has 1 aromatic rings. The average molecular weight is 248 g/mol. The van der Waals surface area contributed by atoms with E-state index in [4.69, 9.17) is 10.5 Å². The molecule has 4 nitrogen and oxygen atoms in total. The first-order valence-corrected chi connectivity index (χ1v) is 6.37. The van der Waals surface area contributed by atoms with Gasteiger partial charge in [-0.3, -0.25) is 4.79 Å². The number of hydrogen-bond donors (Lipinski definition) is 2. The highest BCUT2D eigenvalue weighted by Gasteiger charge is 2.45. The molecule has 0 atom stereocenters. The van der Waals surface area contributed by atoms with Gasteiger partial charge in [0.1, 0.15) is 0 Å². The van der Waals surface area contributed by atoms with E-state index in [2.05, 4.69) is 5.32 Å². The molecule has 0 unspecified atom stereocenters. The van der Waals surface area contributed by atoms with Crippen molar-refractivity contribution in [2.45, 2.75) is 38.5 Å². The van der Waals surface area contributed by atoms with Crippen LogP contribution in [0.3, 0.4) is 0 Å². The summed E-state index contributed by atoms with van der Waals surface area (Å²) >= 11 is 0.